The molecule has 0 aliphatic heterocycles. The average Bonchev–Trinajstić information content (AvgIpc) is 2.54. The van der Waals surface area contributed by atoms with Gasteiger partial charge in [0.1, 0.15) is 5.82 Å². The van der Waals surface area contributed by atoms with Crippen LogP contribution in [0.15, 0.2) is 52.0 Å². The van der Waals surface area contributed by atoms with Crippen LogP contribution in [-0.4, -0.2) is 30.8 Å². The van der Waals surface area contributed by atoms with Gasteiger partial charge in [0.05, 0.1) is 4.90 Å². The van der Waals surface area contributed by atoms with Crippen LogP contribution in [0.2, 0.25) is 0 Å². The van der Waals surface area contributed by atoms with Gasteiger partial charge in [-0.25, -0.2) is 13.4 Å². The first-order valence-electron chi connectivity index (χ1n) is 7.23. The summed E-state index contributed by atoms with van der Waals surface area (Å²) in [6.07, 6.45) is 1.72. The highest BCUT2D eigenvalue weighted by molar-refractivity contribution is 9.10. The summed E-state index contributed by atoms with van der Waals surface area (Å²) in [5.41, 5.74) is 0.987. The third-order valence-electron chi connectivity index (χ3n) is 3.53. The van der Waals surface area contributed by atoms with E-state index in [2.05, 4.69) is 26.2 Å². The Morgan fingerprint density at radius 2 is 1.83 bits per heavy atom. The fourth-order valence-electron chi connectivity index (χ4n) is 1.90. The lowest BCUT2D eigenvalue weighted by Gasteiger charge is -2.21. The Morgan fingerprint density at radius 1 is 1.17 bits per heavy atom. The summed E-state index contributed by atoms with van der Waals surface area (Å²) in [6.45, 7) is 4.27. The average molecular weight is 398 g/mol. The van der Waals surface area contributed by atoms with Crippen molar-refractivity contribution in [2.75, 3.05) is 12.4 Å². The molecule has 0 atom stereocenters. The third-order valence-corrected chi connectivity index (χ3v) is 6.05. The van der Waals surface area contributed by atoms with E-state index < -0.39 is 10.0 Å². The SMILES string of the molecule is CC(C)N(C)S(=O)(=O)c1ccc(CNc2ccc(Br)cn2)cc1. The molecule has 0 fully saturated rings. The summed E-state index contributed by atoms with van der Waals surface area (Å²) in [6, 6.07) is 10.6. The summed E-state index contributed by atoms with van der Waals surface area (Å²) in [4.78, 5) is 4.54. The molecule has 124 valence electrons. The van der Waals surface area contributed by atoms with Crippen molar-refractivity contribution in [2.45, 2.75) is 31.3 Å². The number of hydrogen-bond acceptors (Lipinski definition) is 4. The van der Waals surface area contributed by atoms with Crippen LogP contribution in [0.5, 0.6) is 0 Å². The lowest BCUT2D eigenvalue weighted by Crippen LogP contribution is -2.33. The summed E-state index contributed by atoms with van der Waals surface area (Å²) in [7, 11) is -1.84. The van der Waals surface area contributed by atoms with E-state index in [0.717, 1.165) is 15.9 Å². The number of anilines is 1. The molecule has 23 heavy (non-hydrogen) atoms. The third kappa shape index (κ3) is 4.53. The van der Waals surface area contributed by atoms with Crippen LogP contribution >= 0.6 is 15.9 Å². The molecule has 0 saturated heterocycles. The molecule has 0 aliphatic carbocycles. The fraction of sp³-hybridized carbons (Fsp3) is 0.312. The van der Waals surface area contributed by atoms with Gasteiger partial charge in [0.15, 0.2) is 0 Å². The zero-order valence-electron chi connectivity index (χ0n) is 13.3. The van der Waals surface area contributed by atoms with Crippen molar-refractivity contribution in [3.63, 3.8) is 0 Å². The first-order valence-corrected chi connectivity index (χ1v) is 9.46. The van der Waals surface area contributed by atoms with Crippen molar-refractivity contribution >= 4 is 31.8 Å². The van der Waals surface area contributed by atoms with Gasteiger partial charge in [-0.3, -0.25) is 0 Å². The lowest BCUT2D eigenvalue weighted by molar-refractivity contribution is 0.410. The van der Waals surface area contributed by atoms with E-state index in [4.69, 9.17) is 0 Å². The second kappa shape index (κ2) is 7.42. The molecular weight excluding hydrogens is 378 g/mol. The molecule has 2 aromatic rings. The quantitative estimate of drug-likeness (QED) is 0.809. The number of rotatable bonds is 6. The Kier molecular flexibility index (Phi) is 5.78. The van der Waals surface area contributed by atoms with Gasteiger partial charge in [-0.15, -0.1) is 0 Å². The number of halogens is 1. The topological polar surface area (TPSA) is 62.3 Å². The van der Waals surface area contributed by atoms with E-state index in [9.17, 15) is 8.42 Å². The molecule has 1 N–H and O–H groups in total. The Hall–Kier alpha value is -1.44. The number of hydrogen-bond donors (Lipinski definition) is 1. The molecule has 1 aromatic heterocycles. The smallest absolute Gasteiger partial charge is 0.243 e. The van der Waals surface area contributed by atoms with E-state index in [-0.39, 0.29) is 6.04 Å². The van der Waals surface area contributed by atoms with Crippen LogP contribution in [0.3, 0.4) is 0 Å². The van der Waals surface area contributed by atoms with E-state index in [1.54, 1.807) is 25.4 Å². The number of aromatic nitrogens is 1. The molecule has 1 heterocycles. The van der Waals surface area contributed by atoms with Crippen LogP contribution in [0, 0.1) is 0 Å². The Morgan fingerprint density at radius 3 is 2.35 bits per heavy atom. The van der Waals surface area contributed by atoms with E-state index in [1.807, 2.05) is 38.1 Å². The van der Waals surface area contributed by atoms with Gasteiger partial charge in [0, 0.05) is 30.3 Å². The first-order chi connectivity index (χ1) is 10.8. The van der Waals surface area contributed by atoms with Crippen molar-refractivity contribution in [3.05, 3.63) is 52.6 Å². The van der Waals surface area contributed by atoms with E-state index in [1.165, 1.54) is 4.31 Å². The van der Waals surface area contributed by atoms with Crippen LogP contribution in [0.1, 0.15) is 19.4 Å². The van der Waals surface area contributed by atoms with Crippen LogP contribution in [0.25, 0.3) is 0 Å². The highest BCUT2D eigenvalue weighted by Gasteiger charge is 2.22. The van der Waals surface area contributed by atoms with E-state index in [0.29, 0.717) is 11.4 Å². The van der Waals surface area contributed by atoms with E-state index >= 15 is 0 Å². The van der Waals surface area contributed by atoms with Gasteiger partial charge < -0.3 is 5.32 Å². The predicted molar refractivity (Wildman–Crippen MR) is 95.8 cm³/mol. The highest BCUT2D eigenvalue weighted by Crippen LogP contribution is 2.18. The van der Waals surface area contributed by atoms with Crippen molar-refractivity contribution in [1.29, 1.82) is 0 Å². The minimum atomic E-state index is -3.43. The number of benzene rings is 1. The zero-order valence-corrected chi connectivity index (χ0v) is 15.7. The molecule has 0 unspecified atom stereocenters. The number of sulfonamides is 1. The number of pyridine rings is 1. The minimum absolute atomic E-state index is 0.0789. The van der Waals surface area contributed by atoms with Gasteiger partial charge in [0.2, 0.25) is 10.0 Å². The maximum atomic E-state index is 12.4. The van der Waals surface area contributed by atoms with Crippen LogP contribution in [-0.2, 0) is 16.6 Å². The number of nitrogens with one attached hydrogen (secondary N) is 1. The molecule has 0 spiro atoms. The molecule has 0 aliphatic rings. The maximum absolute atomic E-state index is 12.4. The first kappa shape index (κ1) is 17.9. The second-order valence-corrected chi connectivity index (χ2v) is 8.39. The van der Waals surface area contributed by atoms with Gasteiger partial charge >= 0.3 is 0 Å². The maximum Gasteiger partial charge on any atom is 0.243 e. The monoisotopic (exact) mass is 397 g/mol. The van der Waals surface area contributed by atoms with Crippen molar-refractivity contribution in [2.24, 2.45) is 0 Å². The van der Waals surface area contributed by atoms with Gasteiger partial charge in [-0.1, -0.05) is 12.1 Å². The summed E-state index contributed by atoms with van der Waals surface area (Å²) in [5.74, 6) is 0.768. The van der Waals surface area contributed by atoms with Gasteiger partial charge in [-0.05, 0) is 59.6 Å². The van der Waals surface area contributed by atoms with Crippen LogP contribution < -0.4 is 5.32 Å². The van der Waals surface area contributed by atoms with Crippen molar-refractivity contribution in [1.82, 2.24) is 9.29 Å². The largest absolute Gasteiger partial charge is 0.366 e. The standard InChI is InChI=1S/C16H20BrN3O2S/c1-12(2)20(3)23(21,22)15-7-4-13(5-8-15)10-18-16-9-6-14(17)11-19-16/h4-9,11-12H,10H2,1-3H3,(H,18,19). The molecule has 7 heteroatoms. The molecule has 0 saturated carbocycles. The normalized spacial score (nSPS) is 11.9. The molecule has 1 aromatic carbocycles. The van der Waals surface area contributed by atoms with Crippen molar-refractivity contribution < 1.29 is 8.42 Å². The van der Waals surface area contributed by atoms with Crippen LogP contribution in [0.4, 0.5) is 5.82 Å². The lowest BCUT2D eigenvalue weighted by atomic mass is 10.2. The molecule has 5 nitrogen and oxygen atoms in total. The van der Waals surface area contributed by atoms with Crippen molar-refractivity contribution in [3.8, 4) is 0 Å². The van der Waals surface area contributed by atoms with Gasteiger partial charge in [0.25, 0.3) is 0 Å². The second-order valence-electron chi connectivity index (χ2n) is 5.47. The molecule has 2 rings (SSSR count). The molecule has 0 amide bonds. The minimum Gasteiger partial charge on any atom is -0.366 e. The van der Waals surface area contributed by atoms with Gasteiger partial charge in [-0.2, -0.15) is 4.31 Å². The Balaban J connectivity index is 2.06. The Labute approximate surface area is 145 Å². The number of nitrogens with zero attached hydrogens (tertiary/aromatic N) is 2. The molecule has 0 radical (unpaired) electrons. The Bertz CT molecular complexity index is 744. The highest BCUT2D eigenvalue weighted by atomic mass is 79.9. The summed E-state index contributed by atoms with van der Waals surface area (Å²) >= 11 is 3.34. The predicted octanol–water partition coefficient (Wildman–Crippen LogP) is 3.49. The summed E-state index contributed by atoms with van der Waals surface area (Å²) < 4.78 is 27.1. The summed E-state index contributed by atoms with van der Waals surface area (Å²) in [5, 5.41) is 3.20. The zero-order chi connectivity index (χ0) is 17.0. The molecule has 0 bridgehead atoms. The molecular formula is C16H20BrN3O2S. The fourth-order valence-corrected chi connectivity index (χ4v) is 3.50.